The largest absolute Gasteiger partial charge is 0.458 e. The molecule has 0 radical (unpaired) electrons. The maximum Gasteiger partial charge on any atom is 0.260 e. The van der Waals surface area contributed by atoms with E-state index in [-0.39, 0.29) is 17.5 Å². The Morgan fingerprint density at radius 3 is 1.32 bits per heavy atom. The van der Waals surface area contributed by atoms with Crippen LogP contribution in [0.1, 0.15) is 52.7 Å². The minimum atomic E-state index is -0.0149. The molecule has 0 spiro atoms. The molecule has 2 heterocycles. The molecule has 0 bridgehead atoms. The lowest BCUT2D eigenvalue weighted by atomic mass is 9.34. The Hall–Kier alpha value is -6.58. The number of rotatable bonds is 3. The molecule has 0 N–H and O–H groups in total. The fourth-order valence-electron chi connectivity index (χ4n) is 9.63. The first-order chi connectivity index (χ1) is 28.5. The molecule has 2 nitrogen and oxygen atoms in total. The molecule has 9 aromatic carbocycles. The summed E-state index contributed by atoms with van der Waals surface area (Å²) in [6.45, 7) is 13.7. The van der Waals surface area contributed by atoms with Crippen molar-refractivity contribution in [1.82, 2.24) is 0 Å². The van der Waals surface area contributed by atoms with Crippen molar-refractivity contribution >= 4 is 55.4 Å². The zero-order chi connectivity index (χ0) is 40.2. The third kappa shape index (κ3) is 5.70. The lowest BCUT2D eigenvalue weighted by molar-refractivity contribution is 0.464. The smallest absolute Gasteiger partial charge is 0.260 e. The normalized spacial score (nSPS) is 13.2. The summed E-state index contributed by atoms with van der Waals surface area (Å²) in [7, 11) is 0. The van der Waals surface area contributed by atoms with Crippen molar-refractivity contribution in [1.29, 1.82) is 0 Å². The Morgan fingerprint density at radius 1 is 0.373 bits per heavy atom. The molecule has 284 valence electrons. The zero-order valence-electron chi connectivity index (χ0n) is 34.5. The van der Waals surface area contributed by atoms with Crippen LogP contribution in [0.5, 0.6) is 23.0 Å². The van der Waals surface area contributed by atoms with E-state index in [9.17, 15) is 0 Å². The molecular formula is C56H45BO2. The standard InChI is InChI=1S/C56H45BO2/c1-55(2,3)38-26-28-48-46(32-38)57-47-33-39(56(4,5)6)27-29-49(47)59-51-31-37(30-50(58-48)54(51)57)53-44-19-11-9-17-42(44)52(43-18-10-12-20-45(43)53)36-24-22-35(23-25-36)41-21-13-15-34-14-7-8-16-40(34)41/h7-33H,1-6H3. The summed E-state index contributed by atoms with van der Waals surface area (Å²) in [6.07, 6.45) is 0. The fraction of sp³-hybridized carbons (Fsp3) is 0.143. The van der Waals surface area contributed by atoms with Gasteiger partial charge in [-0.05, 0) is 123 Å². The van der Waals surface area contributed by atoms with E-state index in [2.05, 4.69) is 205 Å². The lowest BCUT2D eigenvalue weighted by Crippen LogP contribution is -2.57. The van der Waals surface area contributed by atoms with Crippen molar-refractivity contribution in [3.63, 3.8) is 0 Å². The summed E-state index contributed by atoms with van der Waals surface area (Å²) >= 11 is 0. The summed E-state index contributed by atoms with van der Waals surface area (Å²) in [5.41, 5.74) is 13.2. The van der Waals surface area contributed by atoms with Crippen LogP contribution < -0.4 is 25.9 Å². The monoisotopic (exact) mass is 760 g/mol. The Balaban J connectivity index is 1.11. The SMILES string of the molecule is CC(C)(C)c1ccc2c(c1)B1c3cc(C(C)(C)C)ccc3Oc3cc(-c4c5ccccc5c(-c5ccc(-c6cccc7ccccc67)cc5)c5ccccc45)cc(c31)O2. The van der Waals surface area contributed by atoms with Crippen molar-refractivity contribution in [3.05, 3.63) is 175 Å². The second kappa shape index (κ2) is 13.0. The van der Waals surface area contributed by atoms with E-state index in [0.717, 1.165) is 34.0 Å². The third-order valence-corrected chi connectivity index (χ3v) is 12.7. The second-order valence-corrected chi connectivity index (χ2v) is 18.5. The first kappa shape index (κ1) is 35.6. The van der Waals surface area contributed by atoms with Gasteiger partial charge >= 0.3 is 0 Å². The van der Waals surface area contributed by atoms with E-state index in [1.54, 1.807) is 0 Å². The molecule has 0 saturated heterocycles. The van der Waals surface area contributed by atoms with Crippen LogP contribution in [0.25, 0.3) is 65.7 Å². The molecule has 0 fully saturated rings. The van der Waals surface area contributed by atoms with E-state index in [1.807, 2.05) is 0 Å². The van der Waals surface area contributed by atoms with Crippen LogP contribution in [0, 0.1) is 0 Å². The molecule has 2 aliphatic heterocycles. The number of hydrogen-bond donors (Lipinski definition) is 0. The molecule has 2 aliphatic rings. The second-order valence-electron chi connectivity index (χ2n) is 18.5. The van der Waals surface area contributed by atoms with Crippen LogP contribution in [-0.4, -0.2) is 6.71 Å². The molecule has 59 heavy (non-hydrogen) atoms. The Labute approximate surface area is 347 Å². The number of hydrogen-bond acceptors (Lipinski definition) is 2. The first-order valence-corrected chi connectivity index (χ1v) is 20.9. The van der Waals surface area contributed by atoms with Crippen molar-refractivity contribution in [2.75, 3.05) is 0 Å². The highest BCUT2D eigenvalue weighted by Gasteiger charge is 2.41. The van der Waals surface area contributed by atoms with Gasteiger partial charge in [0.25, 0.3) is 6.71 Å². The molecule has 9 aromatic rings. The van der Waals surface area contributed by atoms with Gasteiger partial charge in [0.1, 0.15) is 23.0 Å². The predicted octanol–water partition coefficient (Wildman–Crippen LogP) is 13.5. The van der Waals surface area contributed by atoms with Gasteiger partial charge < -0.3 is 9.47 Å². The van der Waals surface area contributed by atoms with Gasteiger partial charge in [0, 0.05) is 5.46 Å². The van der Waals surface area contributed by atoms with Gasteiger partial charge in [-0.1, -0.05) is 181 Å². The first-order valence-electron chi connectivity index (χ1n) is 20.9. The predicted molar refractivity (Wildman–Crippen MR) is 250 cm³/mol. The minimum absolute atomic E-state index is 0.00362. The lowest BCUT2D eigenvalue weighted by Gasteiger charge is -2.35. The molecule has 0 aliphatic carbocycles. The fourth-order valence-corrected chi connectivity index (χ4v) is 9.63. The van der Waals surface area contributed by atoms with E-state index in [1.165, 1.54) is 82.2 Å². The molecule has 0 saturated carbocycles. The topological polar surface area (TPSA) is 18.5 Å². The quantitative estimate of drug-likeness (QED) is 0.132. The van der Waals surface area contributed by atoms with Crippen molar-refractivity contribution in [2.24, 2.45) is 0 Å². The van der Waals surface area contributed by atoms with Gasteiger partial charge in [-0.2, -0.15) is 0 Å². The number of fused-ring (bicyclic) bond motifs is 7. The summed E-state index contributed by atoms with van der Waals surface area (Å²) in [4.78, 5) is 0. The van der Waals surface area contributed by atoms with Crippen LogP contribution in [0.4, 0.5) is 0 Å². The zero-order valence-corrected chi connectivity index (χ0v) is 34.5. The molecule has 11 rings (SSSR count). The Kier molecular flexibility index (Phi) is 7.82. The van der Waals surface area contributed by atoms with Gasteiger partial charge in [0.05, 0.1) is 0 Å². The summed E-state index contributed by atoms with van der Waals surface area (Å²) in [6, 6.07) is 60.1. The van der Waals surface area contributed by atoms with Crippen LogP contribution in [-0.2, 0) is 10.8 Å². The van der Waals surface area contributed by atoms with Gasteiger partial charge in [-0.3, -0.25) is 0 Å². The summed E-state index contributed by atoms with van der Waals surface area (Å²) in [5.74, 6) is 3.52. The van der Waals surface area contributed by atoms with Gasteiger partial charge in [0.15, 0.2) is 0 Å². The minimum Gasteiger partial charge on any atom is -0.458 e. The van der Waals surface area contributed by atoms with Crippen LogP contribution in [0.15, 0.2) is 164 Å². The van der Waals surface area contributed by atoms with Gasteiger partial charge in [0.2, 0.25) is 0 Å². The number of benzene rings is 9. The highest BCUT2D eigenvalue weighted by molar-refractivity contribution is 6.98. The molecule has 0 unspecified atom stereocenters. The van der Waals surface area contributed by atoms with Crippen molar-refractivity contribution < 1.29 is 9.47 Å². The van der Waals surface area contributed by atoms with E-state index < -0.39 is 0 Å². The molecular weight excluding hydrogens is 715 g/mol. The van der Waals surface area contributed by atoms with E-state index in [0.29, 0.717) is 0 Å². The maximum atomic E-state index is 6.98. The maximum absolute atomic E-state index is 6.98. The van der Waals surface area contributed by atoms with Crippen molar-refractivity contribution in [2.45, 2.75) is 52.4 Å². The van der Waals surface area contributed by atoms with E-state index >= 15 is 0 Å². The Bertz CT molecular complexity index is 3030. The molecule has 0 amide bonds. The van der Waals surface area contributed by atoms with Crippen molar-refractivity contribution in [3.8, 4) is 56.4 Å². The van der Waals surface area contributed by atoms with Gasteiger partial charge in [-0.15, -0.1) is 0 Å². The summed E-state index contributed by atoms with van der Waals surface area (Å²) < 4.78 is 14.0. The third-order valence-electron chi connectivity index (χ3n) is 12.7. The van der Waals surface area contributed by atoms with Crippen LogP contribution in [0.3, 0.4) is 0 Å². The molecule has 0 atom stereocenters. The van der Waals surface area contributed by atoms with Crippen LogP contribution in [0.2, 0.25) is 0 Å². The van der Waals surface area contributed by atoms with E-state index in [4.69, 9.17) is 9.47 Å². The Morgan fingerprint density at radius 2 is 0.814 bits per heavy atom. The summed E-state index contributed by atoms with van der Waals surface area (Å²) in [5, 5.41) is 7.33. The number of ether oxygens (including phenoxy) is 2. The average Bonchev–Trinajstić information content (AvgIpc) is 3.24. The molecule has 3 heteroatoms. The highest BCUT2D eigenvalue weighted by atomic mass is 16.5. The average molecular weight is 761 g/mol. The van der Waals surface area contributed by atoms with Gasteiger partial charge in [-0.25, -0.2) is 0 Å². The molecule has 0 aromatic heterocycles. The van der Waals surface area contributed by atoms with Crippen LogP contribution >= 0.6 is 0 Å². The highest BCUT2D eigenvalue weighted by Crippen LogP contribution is 2.47.